The van der Waals surface area contributed by atoms with E-state index in [1.165, 1.54) is 11.1 Å². The van der Waals surface area contributed by atoms with E-state index >= 15 is 0 Å². The van der Waals surface area contributed by atoms with E-state index in [2.05, 4.69) is 52.1 Å². The Morgan fingerprint density at radius 1 is 1.22 bits per heavy atom. The van der Waals surface area contributed by atoms with Gasteiger partial charge in [0.2, 0.25) is 0 Å². The van der Waals surface area contributed by atoms with Gasteiger partial charge in [-0.3, -0.25) is 9.48 Å². The summed E-state index contributed by atoms with van der Waals surface area (Å²) in [6, 6.07) is 11.9. The van der Waals surface area contributed by atoms with Crippen molar-refractivity contribution >= 4 is 32.9 Å². The highest BCUT2D eigenvalue weighted by Gasteiger charge is 2.44. The second-order valence-corrected chi connectivity index (χ2v) is 18.3. The maximum Gasteiger partial charge on any atom is 0.285 e. The molecule has 7 rings (SSSR count). The molecule has 1 spiro atoms. The number of rotatable bonds is 6. The van der Waals surface area contributed by atoms with Crippen LogP contribution in [0.1, 0.15) is 72.5 Å². The number of ether oxygens (including phenoxy) is 2. The number of carbonyl (C=O) groups is 1. The molecule has 0 unspecified atom stereocenters. The summed E-state index contributed by atoms with van der Waals surface area (Å²) in [5.74, 6) is 1.69. The molecule has 2 bridgehead atoms. The van der Waals surface area contributed by atoms with Crippen molar-refractivity contribution in [2.75, 3.05) is 43.2 Å². The van der Waals surface area contributed by atoms with E-state index in [0.29, 0.717) is 36.2 Å². The summed E-state index contributed by atoms with van der Waals surface area (Å²) in [5.41, 5.74) is 5.65. The summed E-state index contributed by atoms with van der Waals surface area (Å²) in [7, 11) is 0.743. The Kier molecular flexibility index (Phi) is 10.5. The summed E-state index contributed by atoms with van der Waals surface area (Å²) < 4.78 is 33.9. The minimum Gasteiger partial charge on any atom is -0.490 e. The maximum absolute atomic E-state index is 14.7. The first-order chi connectivity index (χ1) is 24.5. The molecular weight excluding hydrogens is 680 g/mol. The molecule has 0 N–H and O–H groups in total. The Balaban J connectivity index is 1.25. The van der Waals surface area contributed by atoms with Gasteiger partial charge >= 0.3 is 0 Å². The Bertz CT molecular complexity index is 1950. The van der Waals surface area contributed by atoms with Gasteiger partial charge in [-0.2, -0.15) is 9.46 Å². The Hall–Kier alpha value is -3.40. The largest absolute Gasteiger partial charge is 0.490 e. The number of aromatic nitrogens is 2. The predicted molar refractivity (Wildman–Crippen MR) is 205 cm³/mol. The minimum atomic E-state index is -2.96. The summed E-state index contributed by atoms with van der Waals surface area (Å²) in [4.78, 5) is 16.5. The lowest BCUT2D eigenvalue weighted by Crippen LogP contribution is -2.49. The molecule has 0 radical (unpaired) electrons. The van der Waals surface area contributed by atoms with Crippen molar-refractivity contribution in [3.05, 3.63) is 100 Å². The van der Waals surface area contributed by atoms with Crippen molar-refractivity contribution in [2.45, 2.75) is 69.8 Å². The lowest BCUT2D eigenvalue weighted by Gasteiger charge is -2.46. The van der Waals surface area contributed by atoms with Gasteiger partial charge in [0.15, 0.2) is 0 Å². The Labute approximate surface area is 308 Å². The number of hydrogen-bond donors (Lipinski definition) is 0. The van der Waals surface area contributed by atoms with E-state index in [0.717, 1.165) is 85.6 Å². The van der Waals surface area contributed by atoms with Crippen LogP contribution in [0.3, 0.4) is 0 Å². The first kappa shape index (κ1) is 36.0. The number of amides is 1. The van der Waals surface area contributed by atoms with E-state index in [-0.39, 0.29) is 23.2 Å². The van der Waals surface area contributed by atoms with Crippen LogP contribution in [0.5, 0.6) is 5.75 Å². The number of nitrogens with zero attached hydrogens (tertiary/aromatic N) is 4. The molecule has 2 aliphatic carbocycles. The highest BCUT2D eigenvalue weighted by molar-refractivity contribution is 7.94. The first-order valence-electron chi connectivity index (χ1n) is 18.4. The number of methoxy groups -OCH3 is 1. The number of halogens is 1. The number of hydrogen-bond acceptors (Lipinski definition) is 6. The van der Waals surface area contributed by atoms with Gasteiger partial charge in [0.05, 0.1) is 40.1 Å². The normalized spacial score (nSPS) is 29.9. The zero-order valence-corrected chi connectivity index (χ0v) is 31.8. The van der Waals surface area contributed by atoms with Crippen molar-refractivity contribution in [1.29, 1.82) is 0 Å². The van der Waals surface area contributed by atoms with Gasteiger partial charge in [-0.1, -0.05) is 48.9 Å². The van der Waals surface area contributed by atoms with Gasteiger partial charge in [-0.05, 0) is 116 Å². The van der Waals surface area contributed by atoms with Gasteiger partial charge in [-0.25, -0.2) is 4.21 Å². The molecule has 3 aromatic rings. The molecule has 2 aromatic carbocycles. The van der Waals surface area contributed by atoms with E-state index in [1.54, 1.807) is 17.9 Å². The van der Waals surface area contributed by atoms with Crippen LogP contribution in [0.2, 0.25) is 5.02 Å². The number of carbonyl (C=O) groups excluding carboxylic acids is 1. The minimum absolute atomic E-state index is 0.00673. The van der Waals surface area contributed by atoms with Crippen LogP contribution in [0, 0.1) is 17.8 Å². The molecule has 6 atom stereocenters. The van der Waals surface area contributed by atoms with E-state index in [4.69, 9.17) is 21.1 Å². The smallest absolute Gasteiger partial charge is 0.285 e. The average Bonchev–Trinajstić information content (AvgIpc) is 3.44. The monoisotopic (exact) mass is 730 g/mol. The second kappa shape index (κ2) is 14.9. The Morgan fingerprint density at radius 2 is 2.08 bits per heavy atom. The quantitative estimate of drug-likeness (QED) is 0.239. The number of fused-ring (bicyclic) bond motifs is 4. The molecule has 1 fully saturated rings. The third kappa shape index (κ3) is 7.86. The highest BCUT2D eigenvalue weighted by Crippen LogP contribution is 2.47. The molecule has 51 heavy (non-hydrogen) atoms. The molecule has 272 valence electrons. The van der Waals surface area contributed by atoms with Gasteiger partial charge in [0.1, 0.15) is 5.75 Å². The standard InChI is InChI=1S/C41H51ClN4O4S/c1-28-7-5-9-38(49-4)35-15-12-33(35)23-46-26-41(18-6-8-31-19-34(42)14-16-36(31)41)27-50-39-17-13-32(20-37(39)46)40(47)44-51(48,24-28)25-29(2)10-11-30-21-43-45(3)22-30/h5,9,13-14,16-17,19-22,28,33,35,38H,2,6-8,10-12,15,18,23-27H2,1,3-4H3/b9-5+/t28-,33-,35+,38-,41-,51+/m0/s1. The van der Waals surface area contributed by atoms with Crippen LogP contribution in [0.15, 0.2) is 77.5 Å². The van der Waals surface area contributed by atoms with E-state index in [1.807, 2.05) is 37.6 Å². The molecular formula is C41H51ClN4O4S. The summed E-state index contributed by atoms with van der Waals surface area (Å²) >= 11 is 6.47. The lowest BCUT2D eigenvalue weighted by molar-refractivity contribution is 0.0131. The fraction of sp³-hybridized carbons (Fsp3) is 0.512. The third-order valence-corrected chi connectivity index (χ3v) is 14.2. The van der Waals surface area contributed by atoms with Crippen LogP contribution >= 0.6 is 11.6 Å². The molecule has 4 aliphatic rings. The van der Waals surface area contributed by atoms with Crippen LogP contribution in [0.4, 0.5) is 5.69 Å². The van der Waals surface area contributed by atoms with Gasteiger partial charge < -0.3 is 14.4 Å². The molecule has 1 saturated carbocycles. The fourth-order valence-electron chi connectivity index (χ4n) is 8.78. The molecule has 8 nitrogen and oxygen atoms in total. The number of allylic oxidation sites excluding steroid dienone is 1. The molecule has 1 aromatic heterocycles. The summed E-state index contributed by atoms with van der Waals surface area (Å²) in [6.45, 7) is 8.52. The highest BCUT2D eigenvalue weighted by atomic mass is 35.5. The number of benzene rings is 2. The topological polar surface area (TPSA) is 86.0 Å². The zero-order valence-electron chi connectivity index (χ0n) is 30.2. The Morgan fingerprint density at radius 3 is 2.84 bits per heavy atom. The van der Waals surface area contributed by atoms with Crippen LogP contribution in [0.25, 0.3) is 0 Å². The first-order valence-corrected chi connectivity index (χ1v) is 20.7. The van der Waals surface area contributed by atoms with Crippen molar-refractivity contribution in [1.82, 2.24) is 9.78 Å². The fourth-order valence-corrected chi connectivity index (χ4v) is 11.5. The SMILES string of the molecule is C=C(CCc1cnn(C)c1)C[S@@]1(=O)=NC(=O)c2ccc3c(c2)N(C[C@@H]2CC[C@H]2[C@@H](OC)/C=C/C[C@H](C)C1)C[C@@]1(CCCc2cc(Cl)ccc21)CO3. The van der Waals surface area contributed by atoms with Crippen molar-refractivity contribution in [3.8, 4) is 5.75 Å². The van der Waals surface area contributed by atoms with Crippen LogP contribution in [-0.4, -0.2) is 64.3 Å². The second-order valence-electron chi connectivity index (χ2n) is 15.5. The van der Waals surface area contributed by atoms with Gasteiger partial charge in [0.25, 0.3) is 5.91 Å². The molecule has 0 saturated heterocycles. The van der Waals surface area contributed by atoms with Gasteiger partial charge in [-0.15, -0.1) is 0 Å². The third-order valence-electron chi connectivity index (χ3n) is 11.5. The van der Waals surface area contributed by atoms with E-state index in [9.17, 15) is 9.00 Å². The van der Waals surface area contributed by atoms with Crippen molar-refractivity contribution in [3.63, 3.8) is 0 Å². The van der Waals surface area contributed by atoms with Crippen molar-refractivity contribution in [2.24, 2.45) is 29.2 Å². The molecule has 2 aliphatic heterocycles. The molecule has 3 heterocycles. The summed E-state index contributed by atoms with van der Waals surface area (Å²) in [5, 5.41) is 5.03. The summed E-state index contributed by atoms with van der Waals surface area (Å²) in [6.07, 6.45) is 15.7. The average molecular weight is 731 g/mol. The number of anilines is 1. The maximum atomic E-state index is 14.7. The number of aryl methyl sites for hydroxylation is 3. The van der Waals surface area contributed by atoms with Crippen LogP contribution < -0.4 is 9.64 Å². The van der Waals surface area contributed by atoms with Crippen molar-refractivity contribution < 1.29 is 18.5 Å². The molecule has 10 heteroatoms. The van der Waals surface area contributed by atoms with E-state index < -0.39 is 15.6 Å². The zero-order chi connectivity index (χ0) is 35.8. The van der Waals surface area contributed by atoms with Gasteiger partial charge in [0, 0.05) is 55.2 Å². The van der Waals surface area contributed by atoms with Crippen LogP contribution in [-0.2, 0) is 39.8 Å². The lowest BCUT2D eigenvalue weighted by atomic mass is 9.68. The molecule has 1 amide bonds. The predicted octanol–water partition coefficient (Wildman–Crippen LogP) is 7.98.